The van der Waals surface area contributed by atoms with Gasteiger partial charge in [0.15, 0.2) is 0 Å². The molecule has 138 valence electrons. The summed E-state index contributed by atoms with van der Waals surface area (Å²) in [7, 11) is 0. The summed E-state index contributed by atoms with van der Waals surface area (Å²) in [6.07, 6.45) is 7.99. The van der Waals surface area contributed by atoms with Crippen molar-refractivity contribution in [1.82, 2.24) is 9.47 Å². The number of hydrogen-bond acceptors (Lipinski definition) is 3. The molecule has 1 aliphatic heterocycles. The third-order valence-electron chi connectivity index (χ3n) is 4.81. The molecule has 2 amide bonds. The van der Waals surface area contributed by atoms with Crippen LogP contribution in [-0.2, 0) is 11.2 Å². The second-order valence-corrected chi connectivity index (χ2v) is 7.56. The summed E-state index contributed by atoms with van der Waals surface area (Å²) in [5.74, 6) is 2.04. The number of rotatable bonds is 4. The highest BCUT2D eigenvalue weighted by Crippen LogP contribution is 2.34. The van der Waals surface area contributed by atoms with Crippen molar-refractivity contribution in [1.29, 1.82) is 0 Å². The average Bonchev–Trinajstić information content (AvgIpc) is 3.05. The van der Waals surface area contributed by atoms with Crippen LogP contribution in [-0.4, -0.2) is 27.2 Å². The fourth-order valence-corrected chi connectivity index (χ4v) is 4.30. The lowest BCUT2D eigenvalue weighted by atomic mass is 10.1. The van der Waals surface area contributed by atoms with Gasteiger partial charge in [-0.05, 0) is 67.8 Å². The number of amides is 2. The first kappa shape index (κ1) is 19.1. The van der Waals surface area contributed by atoms with Gasteiger partial charge in [-0.2, -0.15) is 0 Å². The number of imide groups is 1. The number of terminal acetylenes is 1. The van der Waals surface area contributed by atoms with Crippen LogP contribution in [0.15, 0.2) is 29.2 Å². The van der Waals surface area contributed by atoms with Crippen molar-refractivity contribution in [3.05, 3.63) is 57.2 Å². The van der Waals surface area contributed by atoms with Crippen LogP contribution in [0.4, 0.5) is 4.79 Å². The van der Waals surface area contributed by atoms with Gasteiger partial charge in [-0.3, -0.25) is 14.5 Å². The molecular weight excluding hydrogens is 356 g/mol. The fourth-order valence-electron chi connectivity index (χ4n) is 3.47. The molecule has 3 rings (SSSR count). The number of hydrogen-bond donors (Lipinski definition) is 0. The number of carbonyl (C=O) groups is 2. The van der Waals surface area contributed by atoms with Gasteiger partial charge >= 0.3 is 0 Å². The third kappa shape index (κ3) is 3.33. The van der Waals surface area contributed by atoms with E-state index in [1.165, 1.54) is 16.8 Å². The minimum atomic E-state index is -0.321. The molecule has 1 fully saturated rings. The summed E-state index contributed by atoms with van der Waals surface area (Å²) in [6.45, 7) is 8.36. The molecule has 0 saturated carbocycles. The van der Waals surface area contributed by atoms with Crippen molar-refractivity contribution < 1.29 is 9.59 Å². The van der Waals surface area contributed by atoms with E-state index in [4.69, 9.17) is 6.42 Å². The Balaban J connectivity index is 2.08. The van der Waals surface area contributed by atoms with Gasteiger partial charge in [-0.15, -0.1) is 6.42 Å². The van der Waals surface area contributed by atoms with Gasteiger partial charge in [-0.1, -0.05) is 31.0 Å². The molecule has 1 saturated heterocycles. The lowest BCUT2D eigenvalue weighted by Gasteiger charge is -2.17. The standard InChI is InChI=1S/C22H22N2O2S/c1-6-11-23-21(25)19(27-22(23)26)13-18-12-15(4)24(16(18)5)20-14(3)9-8-10-17(20)7-2/h1,8-10,12-13H,7,11H2,2-5H3/b19-13-. The first-order valence-electron chi connectivity index (χ1n) is 8.85. The van der Waals surface area contributed by atoms with Gasteiger partial charge in [-0.25, -0.2) is 0 Å². The molecule has 0 atom stereocenters. The number of benzene rings is 1. The number of aromatic nitrogens is 1. The van der Waals surface area contributed by atoms with Crippen molar-refractivity contribution in [2.24, 2.45) is 0 Å². The molecule has 0 unspecified atom stereocenters. The molecule has 2 heterocycles. The van der Waals surface area contributed by atoms with Crippen molar-refractivity contribution in [3.8, 4) is 18.0 Å². The van der Waals surface area contributed by atoms with Gasteiger partial charge in [0.1, 0.15) is 0 Å². The van der Waals surface area contributed by atoms with Gasteiger partial charge in [0.25, 0.3) is 11.1 Å². The summed E-state index contributed by atoms with van der Waals surface area (Å²) in [6, 6.07) is 8.38. The van der Waals surface area contributed by atoms with Crippen molar-refractivity contribution >= 4 is 29.0 Å². The van der Waals surface area contributed by atoms with Crippen LogP contribution in [0, 0.1) is 33.1 Å². The molecule has 4 nitrogen and oxygen atoms in total. The Hall–Kier alpha value is -2.71. The van der Waals surface area contributed by atoms with Gasteiger partial charge in [0, 0.05) is 11.4 Å². The SMILES string of the molecule is C#CCN1C(=O)S/C(=C\c2cc(C)n(-c3c(C)cccc3CC)c2C)C1=O. The highest BCUT2D eigenvalue weighted by atomic mass is 32.2. The molecular formula is C22H22N2O2S. The zero-order chi connectivity index (χ0) is 19.7. The minimum absolute atomic E-state index is 0.00407. The minimum Gasteiger partial charge on any atom is -0.317 e. The maximum Gasteiger partial charge on any atom is 0.294 e. The van der Waals surface area contributed by atoms with E-state index < -0.39 is 0 Å². The Bertz CT molecular complexity index is 1010. The summed E-state index contributed by atoms with van der Waals surface area (Å²) < 4.78 is 2.23. The number of nitrogens with zero attached hydrogens (tertiary/aromatic N) is 2. The second-order valence-electron chi connectivity index (χ2n) is 6.57. The summed E-state index contributed by atoms with van der Waals surface area (Å²) in [4.78, 5) is 26.0. The Morgan fingerprint density at radius 3 is 2.63 bits per heavy atom. The zero-order valence-corrected chi connectivity index (χ0v) is 16.8. The second kappa shape index (κ2) is 7.50. The van der Waals surface area contributed by atoms with Gasteiger partial charge in [0.2, 0.25) is 0 Å². The molecule has 0 N–H and O–H groups in total. The molecule has 0 bridgehead atoms. The molecule has 2 aromatic rings. The van der Waals surface area contributed by atoms with Crippen LogP contribution in [0.2, 0.25) is 0 Å². The van der Waals surface area contributed by atoms with E-state index in [2.05, 4.69) is 55.5 Å². The summed E-state index contributed by atoms with van der Waals surface area (Å²) >= 11 is 0.941. The molecule has 1 aromatic carbocycles. The number of carbonyl (C=O) groups excluding carboxylic acids is 2. The van der Waals surface area contributed by atoms with Gasteiger partial charge in [0.05, 0.1) is 17.1 Å². The Morgan fingerprint density at radius 2 is 1.96 bits per heavy atom. The number of thioether (sulfide) groups is 1. The third-order valence-corrected chi connectivity index (χ3v) is 5.71. The van der Waals surface area contributed by atoms with Crippen LogP contribution >= 0.6 is 11.8 Å². The van der Waals surface area contributed by atoms with Crippen molar-refractivity contribution in [2.75, 3.05) is 6.54 Å². The van der Waals surface area contributed by atoms with Crippen LogP contribution in [0.5, 0.6) is 0 Å². The highest BCUT2D eigenvalue weighted by Gasteiger charge is 2.34. The Labute approximate surface area is 164 Å². The lowest BCUT2D eigenvalue weighted by molar-refractivity contribution is -0.122. The van der Waals surface area contributed by atoms with E-state index >= 15 is 0 Å². The predicted molar refractivity (Wildman–Crippen MR) is 111 cm³/mol. The van der Waals surface area contributed by atoms with E-state index in [-0.39, 0.29) is 17.7 Å². The predicted octanol–water partition coefficient (Wildman–Crippen LogP) is 4.63. The zero-order valence-electron chi connectivity index (χ0n) is 16.0. The lowest BCUT2D eigenvalue weighted by Crippen LogP contribution is -2.28. The van der Waals surface area contributed by atoms with E-state index in [9.17, 15) is 9.59 Å². The van der Waals surface area contributed by atoms with Crippen molar-refractivity contribution in [3.63, 3.8) is 0 Å². The topological polar surface area (TPSA) is 42.3 Å². The smallest absolute Gasteiger partial charge is 0.294 e. The molecule has 27 heavy (non-hydrogen) atoms. The largest absolute Gasteiger partial charge is 0.317 e. The van der Waals surface area contributed by atoms with Crippen LogP contribution in [0.1, 0.15) is 35.0 Å². The van der Waals surface area contributed by atoms with Crippen LogP contribution in [0.3, 0.4) is 0 Å². The first-order valence-corrected chi connectivity index (χ1v) is 9.67. The maximum atomic E-state index is 12.5. The molecule has 0 spiro atoms. The average molecular weight is 378 g/mol. The summed E-state index contributed by atoms with van der Waals surface area (Å²) in [5.41, 5.74) is 6.74. The van der Waals surface area contributed by atoms with Crippen LogP contribution < -0.4 is 0 Å². The molecule has 0 aliphatic carbocycles. The normalized spacial score (nSPS) is 15.7. The van der Waals surface area contributed by atoms with E-state index in [0.29, 0.717) is 4.91 Å². The molecule has 5 heteroatoms. The number of aryl methyl sites for hydroxylation is 3. The van der Waals surface area contributed by atoms with E-state index in [1.54, 1.807) is 6.08 Å². The van der Waals surface area contributed by atoms with Gasteiger partial charge < -0.3 is 4.57 Å². The van der Waals surface area contributed by atoms with Crippen LogP contribution in [0.25, 0.3) is 11.8 Å². The van der Waals surface area contributed by atoms with E-state index in [0.717, 1.165) is 40.0 Å². The van der Waals surface area contributed by atoms with E-state index in [1.807, 2.05) is 6.92 Å². The maximum absolute atomic E-state index is 12.5. The van der Waals surface area contributed by atoms with Crippen molar-refractivity contribution in [2.45, 2.75) is 34.1 Å². The monoisotopic (exact) mass is 378 g/mol. The Morgan fingerprint density at radius 1 is 1.22 bits per heavy atom. The quantitative estimate of drug-likeness (QED) is 0.575. The molecule has 1 aliphatic rings. The molecule has 0 radical (unpaired) electrons. The summed E-state index contributed by atoms with van der Waals surface area (Å²) in [5, 5.41) is -0.315. The fraction of sp³-hybridized carbons (Fsp3) is 0.273. The Kier molecular flexibility index (Phi) is 5.29. The first-order chi connectivity index (χ1) is 12.9. The number of para-hydroxylation sites is 1. The highest BCUT2D eigenvalue weighted by molar-refractivity contribution is 8.18. The molecule has 1 aromatic heterocycles.